The summed E-state index contributed by atoms with van der Waals surface area (Å²) in [6, 6.07) is 8.81. The number of carbonyl (C=O) groups excluding carboxylic acids is 1. The quantitative estimate of drug-likeness (QED) is 0.827. The molecule has 2 aromatic rings. The van der Waals surface area contributed by atoms with E-state index in [2.05, 4.69) is 10.0 Å². The van der Waals surface area contributed by atoms with Crippen LogP contribution in [0, 0.1) is 6.92 Å². The second-order valence-electron chi connectivity index (χ2n) is 5.68. The highest BCUT2D eigenvalue weighted by Crippen LogP contribution is 2.29. The number of nitrogens with one attached hydrogen (secondary N) is 2. The molecule has 1 amide bonds. The molecule has 2 aromatic carbocycles. The predicted octanol–water partition coefficient (Wildman–Crippen LogP) is 3.45. The molecule has 0 heterocycles. The largest absolute Gasteiger partial charge is 0.416 e. The number of carbonyl (C=O) groups is 1. The molecule has 2 N–H and O–H groups in total. The lowest BCUT2D eigenvalue weighted by Gasteiger charge is -2.12. The molecule has 0 aromatic heterocycles. The average molecular weight is 386 g/mol. The molecule has 0 atom stereocenters. The number of aryl methyl sites for hydroxylation is 1. The second-order valence-corrected chi connectivity index (χ2v) is 7.42. The van der Waals surface area contributed by atoms with Crippen LogP contribution in [0.25, 0.3) is 0 Å². The van der Waals surface area contributed by atoms with Crippen molar-refractivity contribution in [1.29, 1.82) is 0 Å². The summed E-state index contributed by atoms with van der Waals surface area (Å²) in [5.74, 6) is -0.353. The van der Waals surface area contributed by atoms with Gasteiger partial charge in [-0.25, -0.2) is 13.1 Å². The van der Waals surface area contributed by atoms with E-state index in [1.807, 2.05) is 0 Å². The zero-order chi connectivity index (χ0) is 19.5. The molecule has 0 radical (unpaired) electrons. The Morgan fingerprint density at radius 1 is 1.12 bits per heavy atom. The third-order valence-electron chi connectivity index (χ3n) is 3.52. The maximum atomic E-state index is 12.7. The SMILES string of the molecule is CC(=O)Nc1ccc(C)c(S(=O)(=O)NCc2cccc(C(F)(F)F)c2)c1. The number of rotatable bonds is 5. The molecular weight excluding hydrogens is 369 g/mol. The second kappa shape index (κ2) is 7.46. The number of hydrogen-bond acceptors (Lipinski definition) is 3. The minimum atomic E-state index is -4.50. The van der Waals surface area contributed by atoms with Crippen molar-refractivity contribution in [2.45, 2.75) is 31.5 Å². The van der Waals surface area contributed by atoms with Crippen molar-refractivity contribution in [2.24, 2.45) is 0 Å². The Labute approximate surface area is 149 Å². The van der Waals surface area contributed by atoms with Crippen molar-refractivity contribution >= 4 is 21.6 Å². The minimum absolute atomic E-state index is 0.0595. The molecular formula is C17H17F3N2O3S. The van der Waals surface area contributed by atoms with Crippen molar-refractivity contribution in [3.8, 4) is 0 Å². The number of anilines is 1. The van der Waals surface area contributed by atoms with Gasteiger partial charge in [-0.2, -0.15) is 13.2 Å². The zero-order valence-corrected chi connectivity index (χ0v) is 14.8. The predicted molar refractivity (Wildman–Crippen MR) is 91.0 cm³/mol. The van der Waals surface area contributed by atoms with E-state index >= 15 is 0 Å². The molecule has 0 bridgehead atoms. The summed E-state index contributed by atoms with van der Waals surface area (Å²) in [4.78, 5) is 11.1. The van der Waals surface area contributed by atoms with Gasteiger partial charge in [0.15, 0.2) is 0 Å². The molecule has 0 saturated heterocycles. The van der Waals surface area contributed by atoms with Crippen molar-refractivity contribution in [2.75, 3.05) is 5.32 Å². The van der Waals surface area contributed by atoms with Crippen LogP contribution < -0.4 is 10.0 Å². The van der Waals surface area contributed by atoms with Gasteiger partial charge in [0.1, 0.15) is 0 Å². The van der Waals surface area contributed by atoms with Gasteiger partial charge in [-0.1, -0.05) is 24.3 Å². The third-order valence-corrected chi connectivity index (χ3v) is 5.06. The summed E-state index contributed by atoms with van der Waals surface area (Å²) in [6.45, 7) is 2.58. The number of hydrogen-bond donors (Lipinski definition) is 2. The summed E-state index contributed by atoms with van der Waals surface area (Å²) in [5.41, 5.74) is 0.0790. The molecule has 0 aliphatic heterocycles. The van der Waals surface area contributed by atoms with Crippen LogP contribution in [0.15, 0.2) is 47.4 Å². The fraction of sp³-hybridized carbons (Fsp3) is 0.235. The van der Waals surface area contributed by atoms with Crippen molar-refractivity contribution in [3.05, 3.63) is 59.2 Å². The number of sulfonamides is 1. The normalized spacial score (nSPS) is 12.0. The Morgan fingerprint density at radius 2 is 1.81 bits per heavy atom. The van der Waals surface area contributed by atoms with Crippen LogP contribution in [0.1, 0.15) is 23.6 Å². The molecule has 0 aliphatic carbocycles. The summed E-state index contributed by atoms with van der Waals surface area (Å²) in [7, 11) is -3.98. The highest BCUT2D eigenvalue weighted by molar-refractivity contribution is 7.89. The zero-order valence-electron chi connectivity index (χ0n) is 14.0. The van der Waals surface area contributed by atoms with E-state index in [0.29, 0.717) is 11.3 Å². The summed E-state index contributed by atoms with van der Waals surface area (Å²) >= 11 is 0. The van der Waals surface area contributed by atoms with Crippen molar-refractivity contribution in [1.82, 2.24) is 4.72 Å². The van der Waals surface area contributed by atoms with E-state index in [1.54, 1.807) is 13.0 Å². The van der Waals surface area contributed by atoms with E-state index in [0.717, 1.165) is 12.1 Å². The van der Waals surface area contributed by atoms with Crippen LogP contribution >= 0.6 is 0 Å². The number of amides is 1. The fourth-order valence-electron chi connectivity index (χ4n) is 2.28. The number of benzene rings is 2. The standard InChI is InChI=1S/C17H17F3N2O3S/c1-11-6-7-15(22-12(2)23)9-16(11)26(24,25)21-10-13-4-3-5-14(8-13)17(18,19)20/h3-9,21H,10H2,1-2H3,(H,22,23). The lowest BCUT2D eigenvalue weighted by Crippen LogP contribution is -2.24. The molecule has 0 aliphatic rings. The van der Waals surface area contributed by atoms with Crippen LogP contribution in [0.4, 0.5) is 18.9 Å². The topological polar surface area (TPSA) is 75.3 Å². The van der Waals surface area contributed by atoms with Crippen LogP contribution in [0.2, 0.25) is 0 Å². The fourth-order valence-corrected chi connectivity index (χ4v) is 3.57. The lowest BCUT2D eigenvalue weighted by atomic mass is 10.1. The molecule has 0 unspecified atom stereocenters. The highest BCUT2D eigenvalue weighted by Gasteiger charge is 2.30. The van der Waals surface area contributed by atoms with Gasteiger partial charge in [0.05, 0.1) is 10.5 Å². The van der Waals surface area contributed by atoms with Crippen LogP contribution in [0.5, 0.6) is 0 Å². The molecule has 9 heteroatoms. The molecule has 0 fully saturated rings. The maximum Gasteiger partial charge on any atom is 0.416 e. The summed E-state index contributed by atoms with van der Waals surface area (Å²) < 4.78 is 65.5. The average Bonchev–Trinajstić information content (AvgIpc) is 2.54. The van der Waals surface area contributed by atoms with Gasteiger partial charge in [0.2, 0.25) is 15.9 Å². The lowest BCUT2D eigenvalue weighted by molar-refractivity contribution is -0.137. The molecule has 2 rings (SSSR count). The Morgan fingerprint density at radius 3 is 2.42 bits per heavy atom. The van der Waals surface area contributed by atoms with Gasteiger partial charge < -0.3 is 5.32 Å². The summed E-state index contributed by atoms with van der Waals surface area (Å²) in [6.07, 6.45) is -4.50. The monoisotopic (exact) mass is 386 g/mol. The molecule has 26 heavy (non-hydrogen) atoms. The van der Waals surface area contributed by atoms with Gasteiger partial charge >= 0.3 is 6.18 Å². The third kappa shape index (κ3) is 5.06. The van der Waals surface area contributed by atoms with Gasteiger partial charge in [0, 0.05) is 19.2 Å². The first-order valence-corrected chi connectivity index (χ1v) is 9.01. The molecule has 0 saturated carbocycles. The van der Waals surface area contributed by atoms with Crippen LogP contribution in [0.3, 0.4) is 0 Å². The Hall–Kier alpha value is -2.39. The molecule has 140 valence electrons. The first-order valence-electron chi connectivity index (χ1n) is 7.53. The van der Waals surface area contributed by atoms with Crippen molar-refractivity contribution in [3.63, 3.8) is 0 Å². The molecule has 5 nitrogen and oxygen atoms in total. The van der Waals surface area contributed by atoms with E-state index in [4.69, 9.17) is 0 Å². The van der Waals surface area contributed by atoms with Crippen molar-refractivity contribution < 1.29 is 26.4 Å². The maximum absolute atomic E-state index is 12.7. The Balaban J connectivity index is 2.23. The summed E-state index contributed by atoms with van der Waals surface area (Å²) in [5, 5.41) is 2.49. The highest BCUT2D eigenvalue weighted by atomic mass is 32.2. The Kier molecular flexibility index (Phi) is 5.72. The van der Waals surface area contributed by atoms with Gasteiger partial charge in [-0.05, 0) is 36.2 Å². The number of alkyl halides is 3. The van der Waals surface area contributed by atoms with E-state index in [9.17, 15) is 26.4 Å². The van der Waals surface area contributed by atoms with Gasteiger partial charge in [0.25, 0.3) is 0 Å². The smallest absolute Gasteiger partial charge is 0.326 e. The van der Waals surface area contributed by atoms with E-state index in [1.165, 1.54) is 31.2 Å². The molecule has 0 spiro atoms. The van der Waals surface area contributed by atoms with Crippen LogP contribution in [-0.4, -0.2) is 14.3 Å². The van der Waals surface area contributed by atoms with E-state index in [-0.39, 0.29) is 22.9 Å². The minimum Gasteiger partial charge on any atom is -0.326 e. The van der Waals surface area contributed by atoms with Gasteiger partial charge in [-0.15, -0.1) is 0 Å². The number of halogens is 3. The van der Waals surface area contributed by atoms with Gasteiger partial charge in [-0.3, -0.25) is 4.79 Å². The first kappa shape index (κ1) is 19.9. The Bertz CT molecular complexity index is 925. The van der Waals surface area contributed by atoms with Crippen LogP contribution in [-0.2, 0) is 27.5 Å². The van der Waals surface area contributed by atoms with E-state index < -0.39 is 21.8 Å². The first-order chi connectivity index (χ1) is 12.0.